The van der Waals surface area contributed by atoms with Crippen molar-refractivity contribution in [3.05, 3.63) is 109 Å². The molecular formula is C49H80NO8P. The number of allylic oxidation sites excluding steroid dienone is 18. The van der Waals surface area contributed by atoms with Gasteiger partial charge in [-0.05, 0) is 103 Å². The summed E-state index contributed by atoms with van der Waals surface area (Å²) in [7, 11) is -4.40. The molecule has 0 aromatic heterocycles. The van der Waals surface area contributed by atoms with Crippen LogP contribution in [0.15, 0.2) is 109 Å². The second kappa shape index (κ2) is 44.2. The van der Waals surface area contributed by atoms with Gasteiger partial charge in [0.2, 0.25) is 0 Å². The van der Waals surface area contributed by atoms with Crippen molar-refractivity contribution < 1.29 is 37.6 Å². The van der Waals surface area contributed by atoms with Gasteiger partial charge >= 0.3 is 19.8 Å². The fourth-order valence-electron chi connectivity index (χ4n) is 5.35. The number of ether oxygens (including phenoxy) is 2. The molecule has 0 aliphatic heterocycles. The van der Waals surface area contributed by atoms with Gasteiger partial charge in [-0.3, -0.25) is 18.6 Å². The Morgan fingerprint density at radius 1 is 0.525 bits per heavy atom. The molecule has 0 bridgehead atoms. The number of phosphoric acid groups is 1. The van der Waals surface area contributed by atoms with Crippen LogP contribution >= 0.6 is 7.82 Å². The molecule has 0 spiro atoms. The molecule has 0 heterocycles. The topological polar surface area (TPSA) is 134 Å². The highest BCUT2D eigenvalue weighted by molar-refractivity contribution is 7.47. The van der Waals surface area contributed by atoms with E-state index in [0.29, 0.717) is 12.8 Å². The lowest BCUT2D eigenvalue weighted by atomic mass is 10.1. The van der Waals surface area contributed by atoms with E-state index in [-0.39, 0.29) is 32.6 Å². The zero-order chi connectivity index (χ0) is 43.2. The van der Waals surface area contributed by atoms with Crippen molar-refractivity contribution in [3.8, 4) is 0 Å². The van der Waals surface area contributed by atoms with Gasteiger partial charge in [-0.25, -0.2) is 4.57 Å². The molecule has 3 N–H and O–H groups in total. The standard InChI is InChI=1S/C49H80NO8P/c1-3-5-7-9-11-13-15-17-19-21-23-25-27-29-31-33-35-37-39-41-48(51)55-45-47(46-57-59(53,54)56-44-43-50)58-49(52)42-40-38-36-34-32-30-28-26-24-22-20-18-16-14-12-10-8-6-4-2/h5,7,11-14,17-20,23-26,29-32,47H,3-4,6,8-10,15-16,21-22,27-28,33-46,50H2,1-2H3,(H,53,54). The molecule has 0 aliphatic carbocycles. The van der Waals surface area contributed by atoms with E-state index in [0.717, 1.165) is 89.9 Å². The summed E-state index contributed by atoms with van der Waals surface area (Å²) in [5, 5.41) is 0. The summed E-state index contributed by atoms with van der Waals surface area (Å²) in [6.07, 6.45) is 58.3. The van der Waals surface area contributed by atoms with Gasteiger partial charge in [-0.2, -0.15) is 0 Å². The molecule has 0 fully saturated rings. The van der Waals surface area contributed by atoms with Crippen molar-refractivity contribution in [3.63, 3.8) is 0 Å². The summed E-state index contributed by atoms with van der Waals surface area (Å²) in [4.78, 5) is 34.9. The summed E-state index contributed by atoms with van der Waals surface area (Å²) < 4.78 is 32.7. The number of rotatable bonds is 40. The SMILES string of the molecule is CCC=CCC=CCC=CCC=CCC=CCCCCCC(=O)OCC(COP(=O)(O)OCCN)OC(=O)CCCCCC=CCC=CCC=CCC=CCCCCC. The van der Waals surface area contributed by atoms with E-state index in [1.165, 1.54) is 25.7 Å². The van der Waals surface area contributed by atoms with E-state index in [1.807, 2.05) is 0 Å². The quantitative estimate of drug-likeness (QED) is 0.0267. The Bertz CT molecular complexity index is 1330. The van der Waals surface area contributed by atoms with Crippen LogP contribution in [0, 0.1) is 0 Å². The third kappa shape index (κ3) is 44.1. The van der Waals surface area contributed by atoms with E-state index in [2.05, 4.69) is 123 Å². The maximum atomic E-state index is 12.6. The number of hydrogen-bond donors (Lipinski definition) is 2. The van der Waals surface area contributed by atoms with Crippen molar-refractivity contribution >= 4 is 19.8 Å². The van der Waals surface area contributed by atoms with Crippen LogP contribution in [0.2, 0.25) is 0 Å². The van der Waals surface area contributed by atoms with Crippen molar-refractivity contribution in [1.29, 1.82) is 0 Å². The van der Waals surface area contributed by atoms with Crippen molar-refractivity contribution in [1.82, 2.24) is 0 Å². The average Bonchev–Trinajstić information content (AvgIpc) is 3.22. The molecule has 59 heavy (non-hydrogen) atoms. The third-order valence-electron chi connectivity index (χ3n) is 8.64. The van der Waals surface area contributed by atoms with Crippen molar-refractivity contribution in [2.24, 2.45) is 5.73 Å². The minimum Gasteiger partial charge on any atom is -0.462 e. The summed E-state index contributed by atoms with van der Waals surface area (Å²) in [6.45, 7) is 3.49. The highest BCUT2D eigenvalue weighted by Gasteiger charge is 2.25. The predicted octanol–water partition coefficient (Wildman–Crippen LogP) is 13.2. The Labute approximate surface area is 359 Å². The van der Waals surface area contributed by atoms with E-state index in [9.17, 15) is 19.0 Å². The van der Waals surface area contributed by atoms with Crippen LogP contribution in [-0.2, 0) is 32.7 Å². The van der Waals surface area contributed by atoms with Gasteiger partial charge in [-0.1, -0.05) is 149 Å². The Kier molecular flexibility index (Phi) is 41.7. The number of phosphoric ester groups is 1. The maximum Gasteiger partial charge on any atom is 0.472 e. The number of unbranched alkanes of at least 4 members (excludes halogenated alkanes) is 9. The lowest BCUT2D eigenvalue weighted by molar-refractivity contribution is -0.161. The van der Waals surface area contributed by atoms with E-state index < -0.39 is 32.5 Å². The minimum absolute atomic E-state index is 0.0364. The van der Waals surface area contributed by atoms with Crippen LogP contribution in [0.1, 0.15) is 155 Å². The van der Waals surface area contributed by atoms with Gasteiger partial charge < -0.3 is 20.1 Å². The Balaban J connectivity index is 4.30. The minimum atomic E-state index is -4.40. The smallest absolute Gasteiger partial charge is 0.462 e. The number of hydrogen-bond acceptors (Lipinski definition) is 8. The molecule has 0 aromatic rings. The lowest BCUT2D eigenvalue weighted by Gasteiger charge is -2.19. The molecule has 0 radical (unpaired) electrons. The van der Waals surface area contributed by atoms with Crippen LogP contribution in [0.4, 0.5) is 0 Å². The number of carbonyl (C=O) groups excluding carboxylic acids is 2. The molecule has 9 nitrogen and oxygen atoms in total. The second-order valence-corrected chi connectivity index (χ2v) is 15.6. The van der Waals surface area contributed by atoms with Crippen LogP contribution in [0.5, 0.6) is 0 Å². The normalized spacial score (nSPS) is 14.3. The summed E-state index contributed by atoms with van der Waals surface area (Å²) >= 11 is 0. The number of carbonyl (C=O) groups is 2. The molecule has 0 saturated heterocycles. The van der Waals surface area contributed by atoms with E-state index in [1.54, 1.807) is 0 Å². The van der Waals surface area contributed by atoms with Crippen LogP contribution in [0.3, 0.4) is 0 Å². The highest BCUT2D eigenvalue weighted by Crippen LogP contribution is 2.43. The molecule has 0 amide bonds. The Morgan fingerprint density at radius 3 is 1.36 bits per heavy atom. The highest BCUT2D eigenvalue weighted by atomic mass is 31.2. The fraction of sp³-hybridized carbons (Fsp3) is 0.592. The maximum absolute atomic E-state index is 12.6. The Hall–Kier alpha value is -3.33. The summed E-state index contributed by atoms with van der Waals surface area (Å²) in [6, 6.07) is 0. The molecule has 0 rings (SSSR count). The second-order valence-electron chi connectivity index (χ2n) is 14.2. The first-order valence-electron chi connectivity index (χ1n) is 22.4. The van der Waals surface area contributed by atoms with Gasteiger partial charge in [0.05, 0.1) is 13.2 Å². The summed E-state index contributed by atoms with van der Waals surface area (Å²) in [5.41, 5.74) is 5.35. The first-order chi connectivity index (χ1) is 28.8. The molecule has 10 heteroatoms. The summed E-state index contributed by atoms with van der Waals surface area (Å²) in [5.74, 6) is -0.914. The zero-order valence-corrected chi connectivity index (χ0v) is 37.6. The van der Waals surface area contributed by atoms with Crippen molar-refractivity contribution in [2.45, 2.75) is 161 Å². The average molecular weight is 842 g/mol. The van der Waals surface area contributed by atoms with Gasteiger partial charge in [0, 0.05) is 19.4 Å². The molecule has 334 valence electrons. The van der Waals surface area contributed by atoms with Crippen LogP contribution < -0.4 is 5.73 Å². The van der Waals surface area contributed by atoms with Gasteiger partial charge in [0.25, 0.3) is 0 Å². The number of esters is 2. The molecular weight excluding hydrogens is 762 g/mol. The van der Waals surface area contributed by atoms with Gasteiger partial charge in [-0.15, -0.1) is 0 Å². The van der Waals surface area contributed by atoms with E-state index >= 15 is 0 Å². The predicted molar refractivity (Wildman–Crippen MR) is 247 cm³/mol. The zero-order valence-electron chi connectivity index (χ0n) is 36.7. The number of nitrogens with two attached hydrogens (primary N) is 1. The largest absolute Gasteiger partial charge is 0.472 e. The molecule has 2 atom stereocenters. The fourth-order valence-corrected chi connectivity index (χ4v) is 6.11. The third-order valence-corrected chi connectivity index (χ3v) is 9.63. The first kappa shape index (κ1) is 55.7. The Morgan fingerprint density at radius 2 is 0.932 bits per heavy atom. The van der Waals surface area contributed by atoms with Gasteiger partial charge in [0.1, 0.15) is 6.61 Å². The van der Waals surface area contributed by atoms with Crippen LogP contribution in [0.25, 0.3) is 0 Å². The molecule has 2 unspecified atom stereocenters. The van der Waals surface area contributed by atoms with Crippen LogP contribution in [-0.4, -0.2) is 49.3 Å². The van der Waals surface area contributed by atoms with Crippen molar-refractivity contribution in [2.75, 3.05) is 26.4 Å². The monoisotopic (exact) mass is 842 g/mol. The lowest BCUT2D eigenvalue weighted by Crippen LogP contribution is -2.29. The molecule has 0 aromatic carbocycles. The van der Waals surface area contributed by atoms with E-state index in [4.69, 9.17) is 24.3 Å². The molecule has 0 saturated carbocycles. The molecule has 0 aliphatic rings. The first-order valence-corrected chi connectivity index (χ1v) is 23.9. The van der Waals surface area contributed by atoms with Gasteiger partial charge in [0.15, 0.2) is 6.10 Å².